The zero-order chi connectivity index (χ0) is 64.2. The van der Waals surface area contributed by atoms with Crippen LogP contribution in [0.15, 0.2) is 35.5 Å². The molecule has 4 rings (SSSR count). The third kappa shape index (κ3) is 18.8. The molecule has 15 atom stereocenters. The minimum absolute atomic E-state index is 0.0154. The van der Waals surface area contributed by atoms with Crippen LogP contribution in [0.1, 0.15) is 188 Å². The third-order valence-corrected chi connectivity index (χ3v) is 34.4. The number of methoxy groups -OCH3 is 4. The third-order valence-electron chi connectivity index (χ3n) is 19.5. The Morgan fingerprint density at radius 3 is 1.94 bits per heavy atom. The fourth-order valence-electron chi connectivity index (χ4n) is 13.4. The molecule has 1 saturated carbocycles. The molecule has 4 bridgehead atoms. The van der Waals surface area contributed by atoms with Gasteiger partial charge in [-0.25, -0.2) is 9.59 Å². The zero-order valence-electron chi connectivity index (χ0n) is 56.8. The highest BCUT2D eigenvalue weighted by molar-refractivity contribution is 6.84. The van der Waals surface area contributed by atoms with E-state index >= 15 is 4.79 Å². The second-order valence-corrected chi connectivity index (χ2v) is 41.8. The number of ether oxygens (including phenoxy) is 7. The maximum Gasteiger partial charge on any atom is 0.508 e. The maximum atomic E-state index is 15.5. The lowest BCUT2D eigenvalue weighted by atomic mass is 9.81. The Morgan fingerprint density at radius 2 is 1.40 bits per heavy atom. The highest BCUT2D eigenvalue weighted by atomic mass is 28.5. The van der Waals surface area contributed by atoms with Crippen molar-refractivity contribution in [2.45, 2.75) is 289 Å². The van der Waals surface area contributed by atoms with Crippen LogP contribution in [0.2, 0.25) is 40.3 Å². The predicted octanol–water partition coefficient (Wildman–Crippen LogP) is 13.5. The summed E-state index contributed by atoms with van der Waals surface area (Å²) in [6.07, 6.45) is 8.90. The van der Waals surface area contributed by atoms with Gasteiger partial charge in [-0.05, 0) is 142 Å². The number of amides is 1. The molecule has 0 aromatic heterocycles. The van der Waals surface area contributed by atoms with E-state index in [2.05, 4.69) is 139 Å². The smallest absolute Gasteiger partial charge is 0.456 e. The molecule has 1 aliphatic carbocycles. The number of carbonyl (C=O) groups excluding carboxylic acids is 4. The van der Waals surface area contributed by atoms with E-state index in [9.17, 15) is 19.5 Å². The number of esters is 1. The van der Waals surface area contributed by atoms with Gasteiger partial charge in [0.05, 0.1) is 43.7 Å². The Hall–Kier alpha value is -2.61. The van der Waals surface area contributed by atoms with Crippen LogP contribution in [0.4, 0.5) is 4.79 Å². The normalized spacial score (nSPS) is 34.3. The predicted molar refractivity (Wildman–Crippen MR) is 340 cm³/mol. The van der Waals surface area contributed by atoms with Crippen LogP contribution in [-0.4, -0.2) is 150 Å². The summed E-state index contributed by atoms with van der Waals surface area (Å²) in [6.45, 7) is 41.4. The summed E-state index contributed by atoms with van der Waals surface area (Å²) in [7, 11) is -2.39. The van der Waals surface area contributed by atoms with Crippen LogP contribution in [0.3, 0.4) is 0 Å². The van der Waals surface area contributed by atoms with Gasteiger partial charge in [0, 0.05) is 39.1 Å². The number of aliphatic hydroxyl groups is 1. The quantitative estimate of drug-likeness (QED) is 0.0431. The first-order valence-corrected chi connectivity index (χ1v) is 39.0. The molecule has 3 fully saturated rings. The van der Waals surface area contributed by atoms with Crippen molar-refractivity contribution in [1.29, 1.82) is 0 Å². The largest absolute Gasteiger partial charge is 0.508 e. The monoisotopic (exact) mass is 1250 g/mol. The van der Waals surface area contributed by atoms with Crippen molar-refractivity contribution < 1.29 is 74.8 Å². The van der Waals surface area contributed by atoms with E-state index < -0.39 is 103 Å². The van der Waals surface area contributed by atoms with Crippen LogP contribution in [0, 0.1) is 29.6 Å². The summed E-state index contributed by atoms with van der Waals surface area (Å²) in [5.41, 5.74) is 2.20. The maximum absolute atomic E-state index is 15.5. The molecule has 1 amide bonds. The summed E-state index contributed by atoms with van der Waals surface area (Å²) in [4.78, 5) is 56.5. The number of unbranched alkanes of at least 4 members (excludes halogenated alkanes) is 1. The van der Waals surface area contributed by atoms with E-state index in [1.165, 1.54) is 12.7 Å². The summed E-state index contributed by atoms with van der Waals surface area (Å²) >= 11 is 0. The molecule has 3 aliphatic heterocycles. The van der Waals surface area contributed by atoms with Crippen molar-refractivity contribution in [3.05, 3.63) is 35.5 Å². The standard InChI is InChI=1S/C65H117NO16Si3/c1-24-50-34-44(10)33-45(11)35-56(73-19)59-57(74-20)37-47(13)65(71,78-59)60(67)61(68)66-51(29-27-25-26-28-32-76-63(70)75-21)62(69)77-58(46(12)36-49-30-31-52(55(38-49)72-18)79-83(22,23)64(15,16)17)48(14)53-39-54(50)81-85(42(6)7,43(8)9)82-84(80-53,40(2)3)41(4)5/h26,28,34,36,40-43,45,47-59,71H,24-25,27,29-33,35,37-39H2,1-23H3,(H,66,68)/b28-26+,44-34+,46-36+/t45-,47+,48+,49-,50+,51-,52+,53-,54-,55+,56-,57-,58+,59+,65+/m0/s1. The Kier molecular flexibility index (Phi) is 28.5. The average molecular weight is 1250 g/mol. The van der Waals surface area contributed by atoms with E-state index in [0.717, 1.165) is 24.8 Å². The molecule has 0 aromatic rings. The van der Waals surface area contributed by atoms with E-state index in [1.807, 2.05) is 6.92 Å². The summed E-state index contributed by atoms with van der Waals surface area (Å²) in [5.74, 6) is -7.11. The number of hydrogen-bond acceptors (Lipinski definition) is 16. The first-order chi connectivity index (χ1) is 39.6. The van der Waals surface area contributed by atoms with Crippen LogP contribution in [-0.2, 0) is 64.9 Å². The summed E-state index contributed by atoms with van der Waals surface area (Å²) in [5, 5.41) is 15.2. The second kappa shape index (κ2) is 32.4. The van der Waals surface area contributed by atoms with Crippen LogP contribution in [0.25, 0.3) is 0 Å². The molecule has 85 heavy (non-hydrogen) atoms. The first-order valence-electron chi connectivity index (χ1n) is 32.1. The minimum Gasteiger partial charge on any atom is -0.456 e. The SMILES string of the molecule is CC[C@@H]1/C=C(\C)C[C@H](C)C[C@H](OC)[C@H]2O[C@@](O)(C(=O)C(=O)N[C@@H](CCC/C=C/COC(=O)OC)C(=O)O[C@H](/C(C)=C/[C@@H]3CC[C@@H](O[Si](C)(C)C(C)(C)C)[C@H](OC)C3)[C@H](C)[C@@H]3C[C@@H]1O[Si](C(C)C)(C(C)C)O[Si](C(C)C)(C(C)C)O3)[C@H](C)C[C@@H]2OC. The minimum atomic E-state index is -3.26. The van der Waals surface area contributed by atoms with Crippen molar-refractivity contribution in [1.82, 2.24) is 5.32 Å². The van der Waals surface area contributed by atoms with E-state index in [1.54, 1.807) is 40.4 Å². The molecule has 2 N–H and O–H groups in total. The number of hydrogen-bond donors (Lipinski definition) is 2. The number of rotatable bonds is 18. The Balaban J connectivity index is 2.02. The van der Waals surface area contributed by atoms with Gasteiger partial charge in [0.25, 0.3) is 11.7 Å². The molecule has 3 heterocycles. The van der Waals surface area contributed by atoms with E-state index in [0.29, 0.717) is 38.5 Å². The number of fused-ring (bicyclic) bond motifs is 4. The fourth-order valence-corrected chi connectivity index (χ4v) is 26.2. The molecule has 2 saturated heterocycles. The van der Waals surface area contributed by atoms with Crippen molar-refractivity contribution in [2.75, 3.05) is 35.0 Å². The van der Waals surface area contributed by atoms with Gasteiger partial charge in [0.2, 0.25) is 5.79 Å². The number of allylic oxidation sites excluding steroid dienone is 3. The molecule has 0 aromatic carbocycles. The van der Waals surface area contributed by atoms with Gasteiger partial charge in [0.15, 0.2) is 8.32 Å². The van der Waals surface area contributed by atoms with Crippen molar-refractivity contribution in [2.24, 2.45) is 29.6 Å². The van der Waals surface area contributed by atoms with Gasteiger partial charge in [-0.15, -0.1) is 0 Å². The topological polar surface area (TPSA) is 202 Å². The highest BCUT2D eigenvalue weighted by Crippen LogP contribution is 2.50. The van der Waals surface area contributed by atoms with Crippen LogP contribution in [0.5, 0.6) is 0 Å². The van der Waals surface area contributed by atoms with Gasteiger partial charge in [-0.2, -0.15) is 0 Å². The molecule has 490 valence electrons. The van der Waals surface area contributed by atoms with Gasteiger partial charge in [0.1, 0.15) is 24.9 Å². The molecular formula is C65H117NO16Si3. The van der Waals surface area contributed by atoms with E-state index in [-0.39, 0.29) is 82.7 Å². The second-order valence-electron chi connectivity index (χ2n) is 28.2. The van der Waals surface area contributed by atoms with Crippen molar-refractivity contribution >= 4 is 49.3 Å². The Labute approximate surface area is 516 Å². The summed E-state index contributed by atoms with van der Waals surface area (Å²) in [6, 6.07) is -1.36. The van der Waals surface area contributed by atoms with Crippen LogP contribution < -0.4 is 5.32 Å². The molecule has 0 unspecified atom stereocenters. The van der Waals surface area contributed by atoms with E-state index in [4.69, 9.17) is 45.8 Å². The molecule has 17 nitrogen and oxygen atoms in total. The number of Topliss-reactive ketones (excluding diaryl/α,β-unsaturated/α-hetero) is 1. The lowest BCUT2D eigenvalue weighted by Crippen LogP contribution is -2.66. The number of carbonyl (C=O) groups is 4. The zero-order valence-corrected chi connectivity index (χ0v) is 59.8. The molecular weight excluding hydrogens is 1130 g/mol. The number of cyclic esters (lactones) is 1. The van der Waals surface area contributed by atoms with Crippen molar-refractivity contribution in [3.63, 3.8) is 0 Å². The van der Waals surface area contributed by atoms with Gasteiger partial charge in [-0.1, -0.05) is 134 Å². The van der Waals surface area contributed by atoms with Gasteiger partial charge >= 0.3 is 29.2 Å². The molecule has 20 heteroatoms. The number of ketones is 1. The average Bonchev–Trinajstić information content (AvgIpc) is 0.997. The molecule has 0 radical (unpaired) electrons. The lowest BCUT2D eigenvalue weighted by Gasteiger charge is -2.54. The molecule has 4 aliphatic rings. The van der Waals surface area contributed by atoms with Gasteiger partial charge in [-0.3, -0.25) is 9.59 Å². The Morgan fingerprint density at radius 1 is 0.824 bits per heavy atom. The lowest BCUT2D eigenvalue weighted by molar-refractivity contribution is -0.302. The number of nitrogens with one attached hydrogen (secondary N) is 1. The van der Waals surface area contributed by atoms with Crippen molar-refractivity contribution in [3.8, 4) is 0 Å². The molecule has 0 spiro atoms. The summed E-state index contributed by atoms with van der Waals surface area (Å²) < 4.78 is 72.2. The fraction of sp³-hybridized carbons (Fsp3) is 0.846. The first kappa shape index (κ1) is 74.9. The highest BCUT2D eigenvalue weighted by Gasteiger charge is 2.61. The Bertz CT molecular complexity index is 2230. The van der Waals surface area contributed by atoms with Gasteiger partial charge < -0.3 is 61.0 Å². The van der Waals surface area contributed by atoms with Crippen LogP contribution >= 0.6 is 0 Å².